The zero-order valence-corrected chi connectivity index (χ0v) is 12.4. The minimum absolute atomic E-state index is 0.0526. The number of aliphatic hydroxyl groups is 1. The van der Waals surface area contributed by atoms with E-state index < -0.39 is 0 Å². The van der Waals surface area contributed by atoms with E-state index in [1.807, 2.05) is 6.92 Å². The molecule has 112 valence electrons. The second-order valence-electron chi connectivity index (χ2n) is 4.56. The van der Waals surface area contributed by atoms with E-state index in [0.717, 1.165) is 31.3 Å². The molecule has 0 saturated carbocycles. The molecule has 0 bridgehead atoms. The van der Waals surface area contributed by atoms with Crippen LogP contribution in [0.5, 0.6) is 0 Å². The number of thiazole rings is 1. The van der Waals surface area contributed by atoms with E-state index in [0.29, 0.717) is 18.0 Å². The van der Waals surface area contributed by atoms with Crippen molar-refractivity contribution in [1.29, 1.82) is 0 Å². The van der Waals surface area contributed by atoms with E-state index in [4.69, 9.17) is 10.8 Å². The van der Waals surface area contributed by atoms with Crippen LogP contribution >= 0.6 is 11.3 Å². The molecular formula is C12H21N5O2S. The molecule has 1 aromatic heterocycles. The molecule has 8 heteroatoms. The summed E-state index contributed by atoms with van der Waals surface area (Å²) in [6.45, 7) is 6.24. The highest BCUT2D eigenvalue weighted by Gasteiger charge is 2.23. The quantitative estimate of drug-likeness (QED) is 0.684. The third kappa shape index (κ3) is 3.20. The van der Waals surface area contributed by atoms with Crippen LogP contribution in [0.15, 0.2) is 0 Å². The predicted octanol–water partition coefficient (Wildman–Crippen LogP) is -0.411. The second-order valence-corrected chi connectivity index (χ2v) is 5.53. The highest BCUT2D eigenvalue weighted by Crippen LogP contribution is 2.29. The minimum Gasteiger partial charge on any atom is -0.395 e. The summed E-state index contributed by atoms with van der Waals surface area (Å²) in [6.07, 6.45) is 0. The van der Waals surface area contributed by atoms with E-state index >= 15 is 0 Å². The zero-order valence-electron chi connectivity index (χ0n) is 11.6. The summed E-state index contributed by atoms with van der Waals surface area (Å²) >= 11 is 1.33. The number of amides is 1. The second kappa shape index (κ2) is 6.87. The van der Waals surface area contributed by atoms with Crippen LogP contribution in [0.25, 0.3) is 0 Å². The van der Waals surface area contributed by atoms with Gasteiger partial charge in [0.15, 0.2) is 5.13 Å². The van der Waals surface area contributed by atoms with E-state index in [1.54, 1.807) is 4.90 Å². The summed E-state index contributed by atoms with van der Waals surface area (Å²) in [5.74, 6) is 0.128. The molecule has 0 spiro atoms. The predicted molar refractivity (Wildman–Crippen MR) is 80.3 cm³/mol. The summed E-state index contributed by atoms with van der Waals surface area (Å²) in [6, 6.07) is 0. The van der Waals surface area contributed by atoms with Crippen LogP contribution in [0, 0.1) is 0 Å². The van der Waals surface area contributed by atoms with Gasteiger partial charge in [0, 0.05) is 39.3 Å². The lowest BCUT2D eigenvalue weighted by molar-refractivity contribution is 0.0737. The molecular weight excluding hydrogens is 278 g/mol. The van der Waals surface area contributed by atoms with Crippen LogP contribution < -0.4 is 16.0 Å². The van der Waals surface area contributed by atoms with Crippen molar-refractivity contribution in [3.05, 3.63) is 4.88 Å². The maximum Gasteiger partial charge on any atom is 0.267 e. The molecule has 7 nitrogen and oxygen atoms in total. The summed E-state index contributed by atoms with van der Waals surface area (Å²) in [5.41, 5.74) is 5.88. The Morgan fingerprint density at radius 1 is 1.55 bits per heavy atom. The summed E-state index contributed by atoms with van der Waals surface area (Å²) in [5, 5.41) is 13.1. The number of hydrogen-bond donors (Lipinski definition) is 3. The van der Waals surface area contributed by atoms with Gasteiger partial charge in [-0.15, -0.1) is 0 Å². The Morgan fingerprint density at radius 2 is 2.25 bits per heavy atom. The van der Waals surface area contributed by atoms with Crippen LogP contribution in [0.2, 0.25) is 0 Å². The van der Waals surface area contributed by atoms with Crippen molar-refractivity contribution >= 4 is 28.2 Å². The van der Waals surface area contributed by atoms with E-state index in [-0.39, 0.29) is 18.3 Å². The average Bonchev–Trinajstić information content (AvgIpc) is 2.87. The SMILES string of the molecule is CCN(CCO)C(=O)c1sc(N2CCNCC2)nc1N. The highest BCUT2D eigenvalue weighted by atomic mass is 32.1. The Balaban J connectivity index is 2.15. The summed E-state index contributed by atoms with van der Waals surface area (Å²) < 4.78 is 0. The number of hydrogen-bond acceptors (Lipinski definition) is 7. The Bertz CT molecular complexity index is 459. The molecule has 0 aromatic carbocycles. The molecule has 2 rings (SSSR count). The number of nitrogens with two attached hydrogens (primary N) is 1. The zero-order chi connectivity index (χ0) is 14.5. The van der Waals surface area contributed by atoms with Crippen LogP contribution in [0.3, 0.4) is 0 Å². The topological polar surface area (TPSA) is 94.7 Å². The molecule has 0 atom stereocenters. The number of nitrogens with zero attached hydrogens (tertiary/aromatic N) is 3. The molecule has 1 aromatic rings. The van der Waals surface area contributed by atoms with Crippen molar-refractivity contribution in [2.24, 2.45) is 0 Å². The number of aliphatic hydroxyl groups excluding tert-OH is 1. The molecule has 0 aliphatic carbocycles. The maximum atomic E-state index is 12.4. The van der Waals surface area contributed by atoms with Crippen LogP contribution in [-0.4, -0.2) is 66.8 Å². The number of rotatable bonds is 5. The lowest BCUT2D eigenvalue weighted by Gasteiger charge is -2.26. The van der Waals surface area contributed by atoms with Gasteiger partial charge in [-0.25, -0.2) is 4.98 Å². The number of likely N-dealkylation sites (N-methyl/N-ethyl adjacent to an activating group) is 1. The number of carbonyl (C=O) groups excluding carboxylic acids is 1. The van der Waals surface area contributed by atoms with Gasteiger partial charge in [-0.05, 0) is 6.92 Å². The minimum atomic E-state index is -0.155. The third-order valence-electron chi connectivity index (χ3n) is 3.26. The Morgan fingerprint density at radius 3 is 2.85 bits per heavy atom. The number of aromatic nitrogens is 1. The van der Waals surface area contributed by atoms with Gasteiger partial charge in [-0.3, -0.25) is 4.79 Å². The Labute approximate surface area is 122 Å². The van der Waals surface area contributed by atoms with Gasteiger partial charge in [-0.2, -0.15) is 0 Å². The molecule has 0 radical (unpaired) electrons. The molecule has 2 heterocycles. The average molecular weight is 299 g/mol. The van der Waals surface area contributed by atoms with Gasteiger partial charge in [-0.1, -0.05) is 11.3 Å². The lowest BCUT2D eigenvalue weighted by Crippen LogP contribution is -2.43. The first-order chi connectivity index (χ1) is 9.67. The molecule has 20 heavy (non-hydrogen) atoms. The van der Waals surface area contributed by atoms with Gasteiger partial charge in [0.2, 0.25) is 0 Å². The van der Waals surface area contributed by atoms with E-state index in [1.165, 1.54) is 11.3 Å². The van der Waals surface area contributed by atoms with Crippen molar-refractivity contribution in [3.63, 3.8) is 0 Å². The van der Waals surface area contributed by atoms with Gasteiger partial charge in [0.05, 0.1) is 6.61 Å². The van der Waals surface area contributed by atoms with Crippen molar-refractivity contribution in [3.8, 4) is 0 Å². The normalized spacial score (nSPS) is 15.4. The van der Waals surface area contributed by atoms with Gasteiger partial charge in [0.1, 0.15) is 10.7 Å². The molecule has 1 fully saturated rings. The first kappa shape index (κ1) is 15.0. The van der Waals surface area contributed by atoms with Crippen LogP contribution in [0.1, 0.15) is 16.6 Å². The fourth-order valence-corrected chi connectivity index (χ4v) is 3.14. The summed E-state index contributed by atoms with van der Waals surface area (Å²) in [4.78, 5) is 20.9. The largest absolute Gasteiger partial charge is 0.395 e. The summed E-state index contributed by atoms with van der Waals surface area (Å²) in [7, 11) is 0. The first-order valence-electron chi connectivity index (χ1n) is 6.79. The molecule has 1 aliphatic heterocycles. The maximum absolute atomic E-state index is 12.4. The molecule has 4 N–H and O–H groups in total. The highest BCUT2D eigenvalue weighted by molar-refractivity contribution is 7.18. The van der Waals surface area contributed by atoms with Crippen molar-refractivity contribution in [2.45, 2.75) is 6.92 Å². The lowest BCUT2D eigenvalue weighted by atomic mass is 10.4. The molecule has 1 amide bonds. The van der Waals surface area contributed by atoms with E-state index in [9.17, 15) is 4.79 Å². The van der Waals surface area contributed by atoms with Gasteiger partial charge in [0.25, 0.3) is 5.91 Å². The first-order valence-corrected chi connectivity index (χ1v) is 7.61. The fraction of sp³-hybridized carbons (Fsp3) is 0.667. The molecule has 1 aliphatic rings. The number of anilines is 2. The molecule has 0 unspecified atom stereocenters. The number of nitrogen functional groups attached to an aromatic ring is 1. The van der Waals surface area contributed by atoms with Crippen LogP contribution in [-0.2, 0) is 0 Å². The van der Waals surface area contributed by atoms with Crippen molar-refractivity contribution < 1.29 is 9.90 Å². The van der Waals surface area contributed by atoms with Gasteiger partial charge < -0.3 is 26.0 Å². The fourth-order valence-electron chi connectivity index (χ4n) is 2.13. The smallest absolute Gasteiger partial charge is 0.267 e. The van der Waals surface area contributed by atoms with E-state index in [2.05, 4.69) is 15.2 Å². The molecule has 1 saturated heterocycles. The van der Waals surface area contributed by atoms with Gasteiger partial charge >= 0.3 is 0 Å². The monoisotopic (exact) mass is 299 g/mol. The van der Waals surface area contributed by atoms with Crippen LogP contribution in [0.4, 0.5) is 10.9 Å². The Hall–Kier alpha value is -1.38. The number of nitrogens with one attached hydrogen (secondary N) is 1. The number of carbonyl (C=O) groups is 1. The standard InChI is InChI=1S/C12H21N5O2S/c1-2-16(7-8-18)11(19)9-10(13)15-12(20-9)17-5-3-14-4-6-17/h14,18H,2-8,13H2,1H3. The number of piperazine rings is 1. The van der Waals surface area contributed by atoms with Crippen molar-refractivity contribution in [1.82, 2.24) is 15.2 Å². The Kier molecular flexibility index (Phi) is 5.16. The van der Waals surface area contributed by atoms with Crippen molar-refractivity contribution in [2.75, 3.05) is 56.5 Å². The third-order valence-corrected chi connectivity index (χ3v) is 4.38.